The number of nitrogens with two attached hydrogens (primary N) is 1. The summed E-state index contributed by atoms with van der Waals surface area (Å²) in [6.45, 7) is 0.415. The number of rotatable bonds is 6. The minimum Gasteiger partial charge on any atom is -0.329 e. The van der Waals surface area contributed by atoms with Crippen LogP contribution >= 0.6 is 0 Å². The second-order valence-electron chi connectivity index (χ2n) is 5.89. The Morgan fingerprint density at radius 1 is 1.17 bits per heavy atom. The normalized spacial score (nSPS) is 16.7. The molecule has 0 bridgehead atoms. The van der Waals surface area contributed by atoms with E-state index in [9.17, 15) is 13.2 Å². The zero-order chi connectivity index (χ0) is 16.7. The molecule has 1 saturated carbocycles. The van der Waals surface area contributed by atoms with E-state index in [2.05, 4.69) is 10.0 Å². The molecule has 128 valence electrons. The first kappa shape index (κ1) is 17.9. The second kappa shape index (κ2) is 8.42. The fourth-order valence-corrected chi connectivity index (χ4v) is 3.90. The van der Waals surface area contributed by atoms with Crippen molar-refractivity contribution in [1.29, 1.82) is 0 Å². The molecule has 4 N–H and O–H groups in total. The van der Waals surface area contributed by atoms with Gasteiger partial charge >= 0.3 is 0 Å². The minimum absolute atomic E-state index is 0.0173. The van der Waals surface area contributed by atoms with E-state index < -0.39 is 10.0 Å². The van der Waals surface area contributed by atoms with Crippen molar-refractivity contribution >= 4 is 21.6 Å². The van der Waals surface area contributed by atoms with Crippen LogP contribution in [0.1, 0.15) is 38.5 Å². The fraction of sp³-hybridized carbons (Fsp3) is 0.562. The molecular formula is C16H25N3O3S. The van der Waals surface area contributed by atoms with Gasteiger partial charge < -0.3 is 11.1 Å². The Kier molecular flexibility index (Phi) is 6.56. The summed E-state index contributed by atoms with van der Waals surface area (Å²) in [6, 6.07) is 6.31. The number of carbonyl (C=O) groups is 1. The number of hydrogen-bond acceptors (Lipinski definition) is 4. The zero-order valence-corrected chi connectivity index (χ0v) is 14.1. The van der Waals surface area contributed by atoms with Crippen LogP contribution in [0.2, 0.25) is 0 Å². The summed E-state index contributed by atoms with van der Waals surface area (Å²) >= 11 is 0. The highest BCUT2D eigenvalue weighted by Gasteiger charge is 2.20. The number of anilines is 1. The van der Waals surface area contributed by atoms with E-state index in [1.807, 2.05) is 0 Å². The average Bonchev–Trinajstić information content (AvgIpc) is 2.82. The Balaban J connectivity index is 2.06. The van der Waals surface area contributed by atoms with Crippen molar-refractivity contribution in [3.05, 3.63) is 24.3 Å². The first-order chi connectivity index (χ1) is 11.0. The van der Waals surface area contributed by atoms with E-state index in [0.717, 1.165) is 25.7 Å². The van der Waals surface area contributed by atoms with Crippen LogP contribution in [0.15, 0.2) is 29.2 Å². The van der Waals surface area contributed by atoms with Crippen LogP contribution in [0.5, 0.6) is 0 Å². The number of amides is 1. The molecular weight excluding hydrogens is 314 g/mol. The predicted molar refractivity (Wildman–Crippen MR) is 90.5 cm³/mol. The third kappa shape index (κ3) is 5.30. The van der Waals surface area contributed by atoms with Gasteiger partial charge in [-0.1, -0.05) is 31.7 Å². The second-order valence-corrected chi connectivity index (χ2v) is 7.66. The molecule has 0 unspecified atom stereocenters. The number of hydrogen-bond donors (Lipinski definition) is 3. The summed E-state index contributed by atoms with van der Waals surface area (Å²) in [5.41, 5.74) is 5.83. The van der Waals surface area contributed by atoms with Gasteiger partial charge in [0, 0.05) is 24.7 Å². The molecule has 0 aromatic heterocycles. The number of nitrogens with one attached hydrogen (secondary N) is 2. The lowest BCUT2D eigenvalue weighted by molar-refractivity contribution is -0.120. The Bertz CT molecular complexity index is 623. The van der Waals surface area contributed by atoms with Gasteiger partial charge in [-0.15, -0.1) is 0 Å². The van der Waals surface area contributed by atoms with E-state index in [1.165, 1.54) is 25.0 Å². The van der Waals surface area contributed by atoms with Crippen molar-refractivity contribution < 1.29 is 13.2 Å². The van der Waals surface area contributed by atoms with Crippen molar-refractivity contribution in [2.45, 2.75) is 43.4 Å². The Morgan fingerprint density at radius 2 is 1.87 bits per heavy atom. The summed E-state index contributed by atoms with van der Waals surface area (Å²) in [6.07, 6.45) is 6.34. The van der Waals surface area contributed by atoms with Gasteiger partial charge in [-0.25, -0.2) is 13.1 Å². The average molecular weight is 339 g/mol. The number of benzene rings is 1. The van der Waals surface area contributed by atoms with E-state index >= 15 is 0 Å². The SMILES string of the molecule is NCCNS(=O)(=O)c1cccc(NC(=O)C2CCCCCC2)c1. The molecule has 1 amide bonds. The van der Waals surface area contributed by atoms with Crippen molar-refractivity contribution in [3.63, 3.8) is 0 Å². The highest BCUT2D eigenvalue weighted by molar-refractivity contribution is 7.89. The zero-order valence-electron chi connectivity index (χ0n) is 13.3. The van der Waals surface area contributed by atoms with Crippen LogP contribution in [-0.4, -0.2) is 27.4 Å². The lowest BCUT2D eigenvalue weighted by Gasteiger charge is -2.15. The van der Waals surface area contributed by atoms with E-state index in [4.69, 9.17) is 5.73 Å². The van der Waals surface area contributed by atoms with Crippen LogP contribution in [-0.2, 0) is 14.8 Å². The molecule has 0 saturated heterocycles. The third-order valence-corrected chi connectivity index (χ3v) is 5.53. The van der Waals surface area contributed by atoms with Gasteiger partial charge in [-0.3, -0.25) is 4.79 Å². The van der Waals surface area contributed by atoms with Crippen molar-refractivity contribution in [3.8, 4) is 0 Å². The number of carbonyl (C=O) groups excluding carboxylic acids is 1. The maximum atomic E-state index is 12.4. The summed E-state index contributed by atoms with van der Waals surface area (Å²) in [5.74, 6) is 0.00416. The summed E-state index contributed by atoms with van der Waals surface area (Å²) in [5, 5.41) is 2.85. The Labute approximate surface area is 137 Å². The van der Waals surface area contributed by atoms with Crippen molar-refractivity contribution in [1.82, 2.24) is 4.72 Å². The van der Waals surface area contributed by atoms with Crippen LogP contribution in [0.4, 0.5) is 5.69 Å². The first-order valence-corrected chi connectivity index (χ1v) is 9.62. The summed E-state index contributed by atoms with van der Waals surface area (Å²) < 4.78 is 26.6. The molecule has 0 atom stereocenters. The van der Waals surface area contributed by atoms with E-state index in [0.29, 0.717) is 5.69 Å². The quantitative estimate of drug-likeness (QED) is 0.688. The summed E-state index contributed by atoms with van der Waals surface area (Å²) in [4.78, 5) is 12.5. The largest absolute Gasteiger partial charge is 0.329 e. The molecule has 1 aliphatic rings. The molecule has 6 nitrogen and oxygen atoms in total. The highest BCUT2D eigenvalue weighted by Crippen LogP contribution is 2.24. The van der Waals surface area contributed by atoms with E-state index in [1.54, 1.807) is 12.1 Å². The molecule has 1 aromatic rings. The molecule has 1 aromatic carbocycles. The minimum atomic E-state index is -3.59. The van der Waals surface area contributed by atoms with Crippen LogP contribution in [0, 0.1) is 5.92 Å². The van der Waals surface area contributed by atoms with Crippen LogP contribution in [0.3, 0.4) is 0 Å². The third-order valence-electron chi connectivity index (χ3n) is 4.07. The van der Waals surface area contributed by atoms with Gasteiger partial charge in [-0.2, -0.15) is 0 Å². The fourth-order valence-electron chi connectivity index (χ4n) is 2.80. The molecule has 0 aliphatic heterocycles. The van der Waals surface area contributed by atoms with Gasteiger partial charge in [0.15, 0.2) is 0 Å². The molecule has 2 rings (SSSR count). The molecule has 1 fully saturated rings. The Hall–Kier alpha value is -1.44. The maximum Gasteiger partial charge on any atom is 0.240 e. The van der Waals surface area contributed by atoms with Gasteiger partial charge in [0.05, 0.1) is 4.90 Å². The number of sulfonamides is 1. The predicted octanol–water partition coefficient (Wildman–Crippen LogP) is 1.83. The molecule has 1 aliphatic carbocycles. The first-order valence-electron chi connectivity index (χ1n) is 8.13. The van der Waals surface area contributed by atoms with Gasteiger partial charge in [0.2, 0.25) is 15.9 Å². The monoisotopic (exact) mass is 339 g/mol. The topological polar surface area (TPSA) is 101 Å². The van der Waals surface area contributed by atoms with Crippen molar-refractivity contribution in [2.24, 2.45) is 11.7 Å². The highest BCUT2D eigenvalue weighted by atomic mass is 32.2. The maximum absolute atomic E-state index is 12.4. The van der Waals surface area contributed by atoms with Gasteiger partial charge in [-0.05, 0) is 31.0 Å². The van der Waals surface area contributed by atoms with Gasteiger partial charge in [0.25, 0.3) is 0 Å². The Morgan fingerprint density at radius 3 is 2.52 bits per heavy atom. The summed E-state index contributed by atoms with van der Waals surface area (Å²) in [7, 11) is -3.59. The molecule has 0 heterocycles. The molecule has 7 heteroatoms. The lowest BCUT2D eigenvalue weighted by atomic mass is 9.99. The smallest absolute Gasteiger partial charge is 0.240 e. The van der Waals surface area contributed by atoms with E-state index in [-0.39, 0.29) is 29.8 Å². The molecule has 23 heavy (non-hydrogen) atoms. The van der Waals surface area contributed by atoms with Crippen LogP contribution in [0.25, 0.3) is 0 Å². The van der Waals surface area contributed by atoms with Crippen LogP contribution < -0.4 is 15.8 Å². The standard InChI is InChI=1S/C16H25N3O3S/c17-10-11-18-23(21,22)15-9-5-8-14(12-15)19-16(20)13-6-3-1-2-4-7-13/h5,8-9,12-13,18H,1-4,6-7,10-11,17H2,(H,19,20). The van der Waals surface area contributed by atoms with Crippen molar-refractivity contribution in [2.75, 3.05) is 18.4 Å². The lowest BCUT2D eigenvalue weighted by Crippen LogP contribution is -2.29. The molecule has 0 radical (unpaired) electrons. The van der Waals surface area contributed by atoms with Gasteiger partial charge in [0.1, 0.15) is 0 Å². The molecule has 0 spiro atoms.